The fourth-order valence-corrected chi connectivity index (χ4v) is 3.12. The van der Waals surface area contributed by atoms with Crippen LogP contribution in [0.5, 0.6) is 0 Å². The monoisotopic (exact) mass is 243 g/mol. The summed E-state index contributed by atoms with van der Waals surface area (Å²) < 4.78 is 0. The fraction of sp³-hybridized carbons (Fsp3) is 0.923. The van der Waals surface area contributed by atoms with Gasteiger partial charge in [0, 0.05) is 23.8 Å². The average Bonchev–Trinajstić information content (AvgIpc) is 3.02. The molecule has 92 valence electrons. The highest BCUT2D eigenvalue weighted by Gasteiger charge is 2.68. The molecule has 0 aromatic carbocycles. The predicted molar refractivity (Wildman–Crippen MR) is 66.4 cm³/mol. The van der Waals surface area contributed by atoms with Gasteiger partial charge in [0.25, 0.3) is 0 Å². The Kier molecular flexibility index (Phi) is 2.58. The molecule has 0 aromatic heterocycles. The lowest BCUT2D eigenvalue weighted by molar-refractivity contribution is -0.123. The molecule has 3 heteroatoms. The van der Waals surface area contributed by atoms with Crippen molar-refractivity contribution in [2.75, 3.05) is 12.4 Å². The predicted octanol–water partition coefficient (Wildman–Crippen LogP) is 2.80. The summed E-state index contributed by atoms with van der Waals surface area (Å²) >= 11 is 5.90. The molecule has 1 amide bonds. The second-order valence-corrected chi connectivity index (χ2v) is 7.00. The van der Waals surface area contributed by atoms with Gasteiger partial charge in [-0.3, -0.25) is 4.79 Å². The first-order chi connectivity index (χ1) is 7.27. The molecule has 0 bridgehead atoms. The van der Waals surface area contributed by atoms with Gasteiger partial charge in [0.1, 0.15) is 0 Å². The Labute approximate surface area is 103 Å². The Bertz CT molecular complexity index is 304. The third-order valence-corrected chi connectivity index (χ3v) is 5.73. The summed E-state index contributed by atoms with van der Waals surface area (Å²) in [7, 11) is 0. The number of carbonyl (C=O) groups excluding carboxylic acids is 1. The van der Waals surface area contributed by atoms with Crippen molar-refractivity contribution in [2.24, 2.45) is 22.2 Å². The molecule has 2 nitrogen and oxygen atoms in total. The second-order valence-electron chi connectivity index (χ2n) is 6.73. The van der Waals surface area contributed by atoms with E-state index in [-0.39, 0.29) is 28.1 Å². The SMILES string of the molecule is CC1(C)C(C(=O)NCC2(CCl)CC2)C1(C)C. The summed E-state index contributed by atoms with van der Waals surface area (Å²) in [6, 6.07) is 0. The molecule has 0 saturated heterocycles. The van der Waals surface area contributed by atoms with Crippen LogP contribution in [0.2, 0.25) is 0 Å². The smallest absolute Gasteiger partial charge is 0.224 e. The highest BCUT2D eigenvalue weighted by atomic mass is 35.5. The van der Waals surface area contributed by atoms with Crippen LogP contribution in [0.4, 0.5) is 0 Å². The van der Waals surface area contributed by atoms with E-state index in [9.17, 15) is 4.79 Å². The van der Waals surface area contributed by atoms with Gasteiger partial charge in [0.15, 0.2) is 0 Å². The first-order valence-corrected chi connectivity index (χ1v) is 6.64. The van der Waals surface area contributed by atoms with Crippen molar-refractivity contribution < 1.29 is 4.79 Å². The Balaban J connectivity index is 1.87. The van der Waals surface area contributed by atoms with E-state index in [0.717, 1.165) is 19.4 Å². The molecule has 0 atom stereocenters. The van der Waals surface area contributed by atoms with Crippen LogP contribution in [-0.4, -0.2) is 18.3 Å². The zero-order valence-electron chi connectivity index (χ0n) is 10.7. The Hall–Kier alpha value is -0.240. The van der Waals surface area contributed by atoms with Crippen LogP contribution in [-0.2, 0) is 4.79 Å². The van der Waals surface area contributed by atoms with Crippen LogP contribution in [0.25, 0.3) is 0 Å². The Morgan fingerprint density at radius 3 is 2.06 bits per heavy atom. The number of alkyl halides is 1. The van der Waals surface area contributed by atoms with E-state index in [1.165, 1.54) is 0 Å². The van der Waals surface area contributed by atoms with Crippen molar-refractivity contribution in [3.05, 3.63) is 0 Å². The van der Waals surface area contributed by atoms with Crippen molar-refractivity contribution in [3.63, 3.8) is 0 Å². The van der Waals surface area contributed by atoms with Crippen molar-refractivity contribution in [2.45, 2.75) is 40.5 Å². The number of halogens is 1. The van der Waals surface area contributed by atoms with E-state index in [2.05, 4.69) is 33.0 Å². The van der Waals surface area contributed by atoms with Crippen LogP contribution in [0, 0.1) is 22.2 Å². The maximum atomic E-state index is 12.1. The average molecular weight is 244 g/mol. The number of amides is 1. The summed E-state index contributed by atoms with van der Waals surface area (Å²) in [6.07, 6.45) is 2.32. The number of carbonyl (C=O) groups is 1. The van der Waals surface area contributed by atoms with Gasteiger partial charge in [-0.25, -0.2) is 0 Å². The van der Waals surface area contributed by atoms with Gasteiger partial charge in [0.2, 0.25) is 5.91 Å². The van der Waals surface area contributed by atoms with Gasteiger partial charge in [-0.2, -0.15) is 0 Å². The van der Waals surface area contributed by atoms with Gasteiger partial charge in [-0.05, 0) is 23.7 Å². The number of hydrogen-bond acceptors (Lipinski definition) is 1. The second kappa shape index (κ2) is 3.38. The highest BCUT2D eigenvalue weighted by molar-refractivity contribution is 6.18. The number of nitrogens with one attached hydrogen (secondary N) is 1. The van der Waals surface area contributed by atoms with Crippen LogP contribution in [0.3, 0.4) is 0 Å². The lowest BCUT2D eigenvalue weighted by atomic mass is 10.0. The molecular weight excluding hydrogens is 222 g/mol. The largest absolute Gasteiger partial charge is 0.355 e. The fourth-order valence-electron chi connectivity index (χ4n) is 2.76. The van der Waals surface area contributed by atoms with E-state index in [1.807, 2.05) is 0 Å². The molecule has 2 rings (SSSR count). The quantitative estimate of drug-likeness (QED) is 0.756. The summed E-state index contributed by atoms with van der Waals surface area (Å²) in [5.74, 6) is 1.04. The highest BCUT2D eigenvalue weighted by Crippen LogP contribution is 2.68. The standard InChI is InChI=1S/C13H22ClNO/c1-11(2)9(12(11,3)4)10(16)15-8-13(7-14)5-6-13/h9H,5-8H2,1-4H3,(H,15,16). The Morgan fingerprint density at radius 2 is 1.75 bits per heavy atom. The minimum atomic E-state index is 0.134. The van der Waals surface area contributed by atoms with Crippen molar-refractivity contribution in [3.8, 4) is 0 Å². The molecule has 2 saturated carbocycles. The van der Waals surface area contributed by atoms with E-state index >= 15 is 0 Å². The zero-order valence-corrected chi connectivity index (χ0v) is 11.4. The van der Waals surface area contributed by atoms with Gasteiger partial charge in [-0.1, -0.05) is 27.7 Å². The zero-order chi connectivity index (χ0) is 12.2. The first kappa shape index (κ1) is 12.2. The molecule has 0 heterocycles. The van der Waals surface area contributed by atoms with Crippen LogP contribution >= 0.6 is 11.6 Å². The Morgan fingerprint density at radius 1 is 1.25 bits per heavy atom. The molecule has 16 heavy (non-hydrogen) atoms. The van der Waals surface area contributed by atoms with E-state index < -0.39 is 0 Å². The summed E-state index contributed by atoms with van der Waals surface area (Å²) in [5, 5.41) is 3.09. The minimum absolute atomic E-state index is 0.134. The first-order valence-electron chi connectivity index (χ1n) is 6.11. The van der Waals surface area contributed by atoms with E-state index in [4.69, 9.17) is 11.6 Å². The molecule has 0 aromatic rings. The maximum absolute atomic E-state index is 12.1. The minimum Gasteiger partial charge on any atom is -0.355 e. The topological polar surface area (TPSA) is 29.1 Å². The number of rotatable bonds is 4. The van der Waals surface area contributed by atoms with E-state index in [1.54, 1.807) is 0 Å². The lowest BCUT2D eigenvalue weighted by Crippen LogP contribution is -2.33. The molecule has 2 aliphatic rings. The summed E-state index contributed by atoms with van der Waals surface area (Å²) in [5.41, 5.74) is 0.490. The molecular formula is C13H22ClNO. The molecule has 2 fully saturated rings. The normalized spacial score (nSPS) is 28.6. The molecule has 0 radical (unpaired) electrons. The summed E-state index contributed by atoms with van der Waals surface area (Å²) in [4.78, 5) is 12.1. The molecule has 2 aliphatic carbocycles. The molecule has 0 aliphatic heterocycles. The molecule has 1 N–H and O–H groups in total. The third-order valence-electron chi connectivity index (χ3n) is 5.16. The molecule has 0 unspecified atom stereocenters. The maximum Gasteiger partial charge on any atom is 0.224 e. The summed E-state index contributed by atoms with van der Waals surface area (Å²) in [6.45, 7) is 9.45. The number of hydrogen-bond donors (Lipinski definition) is 1. The molecule has 0 spiro atoms. The third kappa shape index (κ3) is 1.66. The van der Waals surface area contributed by atoms with E-state index in [0.29, 0.717) is 5.88 Å². The van der Waals surface area contributed by atoms with Crippen LogP contribution in [0.15, 0.2) is 0 Å². The van der Waals surface area contributed by atoms with Crippen molar-refractivity contribution in [1.82, 2.24) is 5.32 Å². The van der Waals surface area contributed by atoms with Gasteiger partial charge >= 0.3 is 0 Å². The van der Waals surface area contributed by atoms with Crippen LogP contribution in [0.1, 0.15) is 40.5 Å². The van der Waals surface area contributed by atoms with Gasteiger partial charge in [0.05, 0.1) is 0 Å². The van der Waals surface area contributed by atoms with Crippen LogP contribution < -0.4 is 5.32 Å². The van der Waals surface area contributed by atoms with Crippen molar-refractivity contribution in [1.29, 1.82) is 0 Å². The van der Waals surface area contributed by atoms with Crippen molar-refractivity contribution >= 4 is 17.5 Å². The van der Waals surface area contributed by atoms with Gasteiger partial charge < -0.3 is 5.32 Å². The lowest BCUT2D eigenvalue weighted by Gasteiger charge is -2.13. The van der Waals surface area contributed by atoms with Gasteiger partial charge in [-0.15, -0.1) is 11.6 Å².